The maximum Gasteiger partial charge on any atom is 0.328 e. The Morgan fingerprint density at radius 1 is 1.10 bits per heavy atom. The van der Waals surface area contributed by atoms with Gasteiger partial charge in [-0.1, -0.05) is 24.3 Å². The molecule has 5 heteroatoms. The number of fused-ring (bicyclic) bond motifs is 1. The Morgan fingerprint density at radius 3 is 2.45 bits per heavy atom. The molecule has 2 rings (SSSR count). The van der Waals surface area contributed by atoms with Gasteiger partial charge in [-0.15, -0.1) is 0 Å². The third-order valence-corrected chi connectivity index (χ3v) is 2.85. The summed E-state index contributed by atoms with van der Waals surface area (Å²) in [7, 11) is 0. The number of aliphatic carboxylic acids is 1. The Balaban J connectivity index is 2.38. The number of rotatable bonds is 3. The molecule has 0 aromatic heterocycles. The molecule has 102 valence electrons. The summed E-state index contributed by atoms with van der Waals surface area (Å²) in [6.45, 7) is 1.42. The van der Waals surface area contributed by atoms with E-state index in [1.54, 1.807) is 36.4 Å². The Kier molecular flexibility index (Phi) is 3.70. The monoisotopic (exact) mass is 271 g/mol. The number of nitrogens with one attached hydrogen (secondary N) is 1. The number of carbonyl (C=O) groups excluding carboxylic acids is 1. The second-order valence-corrected chi connectivity index (χ2v) is 4.30. The smallest absolute Gasteiger partial charge is 0.328 e. The van der Waals surface area contributed by atoms with Gasteiger partial charge in [0.15, 0.2) is 0 Å². The summed E-state index contributed by atoms with van der Waals surface area (Å²) in [5.41, 5.74) is 0.608. The summed E-state index contributed by atoms with van der Waals surface area (Å²) in [6.07, 6.45) is 0.845. The zero-order valence-corrected chi connectivity index (χ0v) is 10.8. The van der Waals surface area contributed by atoms with Crippen molar-refractivity contribution >= 4 is 28.3 Å². The van der Waals surface area contributed by atoms with Gasteiger partial charge in [0.25, 0.3) is 5.91 Å². The molecule has 0 aliphatic rings. The van der Waals surface area contributed by atoms with E-state index in [4.69, 9.17) is 5.11 Å². The number of hydrogen-bond donors (Lipinski definition) is 3. The summed E-state index contributed by atoms with van der Waals surface area (Å²) in [5, 5.41) is 22.3. The number of carboxylic acid groups (broad SMARTS) is 1. The summed E-state index contributed by atoms with van der Waals surface area (Å²) >= 11 is 0. The molecule has 0 aliphatic carbocycles. The molecular weight excluding hydrogens is 258 g/mol. The summed E-state index contributed by atoms with van der Waals surface area (Å²) < 4.78 is 0. The van der Waals surface area contributed by atoms with E-state index in [0.29, 0.717) is 16.5 Å². The predicted molar refractivity (Wildman–Crippen MR) is 75.6 cm³/mol. The van der Waals surface area contributed by atoms with Crippen LogP contribution in [0.25, 0.3) is 10.8 Å². The Bertz CT molecular complexity index is 719. The lowest BCUT2D eigenvalue weighted by Gasteiger charge is -2.09. The summed E-state index contributed by atoms with van der Waals surface area (Å²) in [4.78, 5) is 22.4. The molecule has 2 aromatic rings. The maximum atomic E-state index is 11.9. The maximum absolute atomic E-state index is 11.9. The first-order valence-electron chi connectivity index (χ1n) is 5.92. The van der Waals surface area contributed by atoms with Gasteiger partial charge in [0.2, 0.25) is 0 Å². The van der Waals surface area contributed by atoms with Gasteiger partial charge in [-0.25, -0.2) is 4.79 Å². The van der Waals surface area contributed by atoms with E-state index in [-0.39, 0.29) is 11.3 Å². The van der Waals surface area contributed by atoms with Crippen molar-refractivity contribution in [2.75, 3.05) is 5.32 Å². The number of anilines is 1. The van der Waals surface area contributed by atoms with Gasteiger partial charge in [-0.2, -0.15) is 0 Å². The molecule has 2 aromatic carbocycles. The molecule has 0 bridgehead atoms. The standard InChI is InChI=1S/C15H13NO4/c1-9(8-14(18)19)15(20)16-12-6-2-5-11-10(12)4-3-7-13(11)17/h2-8,17H,1H3,(H,16,20)(H,18,19)/b9-8+. The van der Waals surface area contributed by atoms with Crippen molar-refractivity contribution in [2.45, 2.75) is 6.92 Å². The lowest BCUT2D eigenvalue weighted by molar-refractivity contribution is -0.131. The van der Waals surface area contributed by atoms with Gasteiger partial charge >= 0.3 is 5.97 Å². The Morgan fingerprint density at radius 2 is 1.75 bits per heavy atom. The van der Waals surface area contributed by atoms with Crippen molar-refractivity contribution in [3.05, 3.63) is 48.0 Å². The van der Waals surface area contributed by atoms with Crippen LogP contribution in [0.1, 0.15) is 6.92 Å². The number of carbonyl (C=O) groups is 2. The SMILES string of the molecule is C/C(=C\C(=O)O)C(=O)Nc1cccc2c(O)cccc12. The van der Waals surface area contributed by atoms with Crippen molar-refractivity contribution in [1.29, 1.82) is 0 Å². The van der Waals surface area contributed by atoms with E-state index in [9.17, 15) is 14.7 Å². The van der Waals surface area contributed by atoms with Crippen LogP contribution in [0, 0.1) is 0 Å². The molecule has 0 saturated carbocycles. The van der Waals surface area contributed by atoms with Crippen LogP contribution in [-0.4, -0.2) is 22.1 Å². The van der Waals surface area contributed by atoms with Crippen LogP contribution < -0.4 is 5.32 Å². The number of carboxylic acids is 1. The summed E-state index contributed by atoms with van der Waals surface area (Å²) in [6, 6.07) is 10.1. The number of aromatic hydroxyl groups is 1. The van der Waals surface area contributed by atoms with Gasteiger partial charge < -0.3 is 15.5 Å². The molecule has 0 radical (unpaired) electrons. The highest BCUT2D eigenvalue weighted by atomic mass is 16.4. The normalized spacial score (nSPS) is 11.3. The van der Waals surface area contributed by atoms with E-state index in [1.807, 2.05) is 0 Å². The zero-order chi connectivity index (χ0) is 14.7. The van der Waals surface area contributed by atoms with Crippen LogP contribution in [0.15, 0.2) is 48.0 Å². The predicted octanol–water partition coefficient (Wildman–Crippen LogP) is 2.51. The van der Waals surface area contributed by atoms with E-state index < -0.39 is 11.9 Å². The van der Waals surface area contributed by atoms with Crippen LogP contribution in [0.4, 0.5) is 5.69 Å². The molecule has 5 nitrogen and oxygen atoms in total. The van der Waals surface area contributed by atoms with Crippen molar-refractivity contribution in [3.8, 4) is 5.75 Å². The number of benzene rings is 2. The third kappa shape index (κ3) is 2.77. The van der Waals surface area contributed by atoms with Crippen LogP contribution >= 0.6 is 0 Å². The van der Waals surface area contributed by atoms with E-state index in [0.717, 1.165) is 6.08 Å². The number of hydrogen-bond acceptors (Lipinski definition) is 3. The lowest BCUT2D eigenvalue weighted by Crippen LogP contribution is -2.14. The van der Waals surface area contributed by atoms with Gasteiger partial charge in [0, 0.05) is 28.1 Å². The molecule has 0 atom stereocenters. The minimum Gasteiger partial charge on any atom is -0.507 e. The van der Waals surface area contributed by atoms with Crippen LogP contribution in [0.5, 0.6) is 5.75 Å². The average molecular weight is 271 g/mol. The molecule has 0 saturated heterocycles. The highest BCUT2D eigenvalue weighted by molar-refractivity contribution is 6.10. The van der Waals surface area contributed by atoms with Gasteiger partial charge in [0.1, 0.15) is 5.75 Å². The molecular formula is C15H13NO4. The molecule has 0 aliphatic heterocycles. The summed E-state index contributed by atoms with van der Waals surface area (Å²) in [5.74, 6) is -1.55. The average Bonchev–Trinajstić information content (AvgIpc) is 2.39. The van der Waals surface area contributed by atoms with Crippen LogP contribution in [0.3, 0.4) is 0 Å². The second-order valence-electron chi connectivity index (χ2n) is 4.30. The van der Waals surface area contributed by atoms with Gasteiger partial charge in [-0.3, -0.25) is 4.79 Å². The first-order valence-corrected chi connectivity index (χ1v) is 5.92. The first-order chi connectivity index (χ1) is 9.49. The van der Waals surface area contributed by atoms with E-state index >= 15 is 0 Å². The molecule has 0 spiro atoms. The van der Waals surface area contributed by atoms with E-state index in [2.05, 4.69) is 5.32 Å². The molecule has 0 fully saturated rings. The molecule has 1 amide bonds. The molecule has 3 N–H and O–H groups in total. The van der Waals surface area contributed by atoms with Gasteiger partial charge in [-0.05, 0) is 19.1 Å². The molecule has 20 heavy (non-hydrogen) atoms. The minimum absolute atomic E-state index is 0.0923. The first kappa shape index (κ1) is 13.6. The van der Waals surface area contributed by atoms with Crippen molar-refractivity contribution < 1.29 is 19.8 Å². The van der Waals surface area contributed by atoms with Crippen LogP contribution in [-0.2, 0) is 9.59 Å². The molecule has 0 unspecified atom stereocenters. The number of amides is 1. The van der Waals surface area contributed by atoms with Crippen LogP contribution in [0.2, 0.25) is 0 Å². The topological polar surface area (TPSA) is 86.6 Å². The number of phenols is 1. The fourth-order valence-electron chi connectivity index (χ4n) is 1.87. The lowest BCUT2D eigenvalue weighted by atomic mass is 10.1. The zero-order valence-electron chi connectivity index (χ0n) is 10.8. The quantitative estimate of drug-likeness (QED) is 0.749. The van der Waals surface area contributed by atoms with Crippen molar-refractivity contribution in [1.82, 2.24) is 0 Å². The Hall–Kier alpha value is -2.82. The highest BCUT2D eigenvalue weighted by Crippen LogP contribution is 2.29. The molecule has 0 heterocycles. The van der Waals surface area contributed by atoms with Crippen molar-refractivity contribution in [2.24, 2.45) is 0 Å². The third-order valence-electron chi connectivity index (χ3n) is 2.85. The number of phenolic OH excluding ortho intramolecular Hbond substituents is 1. The minimum atomic E-state index is -1.17. The highest BCUT2D eigenvalue weighted by Gasteiger charge is 2.09. The van der Waals surface area contributed by atoms with Gasteiger partial charge in [0.05, 0.1) is 0 Å². The fraction of sp³-hybridized carbons (Fsp3) is 0.0667. The second kappa shape index (κ2) is 5.44. The Labute approximate surface area is 115 Å². The van der Waals surface area contributed by atoms with Crippen molar-refractivity contribution in [3.63, 3.8) is 0 Å². The van der Waals surface area contributed by atoms with E-state index in [1.165, 1.54) is 6.92 Å². The largest absolute Gasteiger partial charge is 0.507 e. The fourth-order valence-corrected chi connectivity index (χ4v) is 1.87.